The second kappa shape index (κ2) is 4.84. The summed E-state index contributed by atoms with van der Waals surface area (Å²) in [6.45, 7) is 2.14. The van der Waals surface area contributed by atoms with Crippen molar-refractivity contribution in [3.63, 3.8) is 0 Å². The third-order valence-electron chi connectivity index (χ3n) is 3.20. The fourth-order valence-corrected chi connectivity index (χ4v) is 2.02. The zero-order valence-electron chi connectivity index (χ0n) is 9.74. The third-order valence-corrected chi connectivity index (χ3v) is 3.20. The number of carbonyl (C=O) groups is 1. The van der Waals surface area contributed by atoms with Gasteiger partial charge in [0.05, 0.1) is 11.7 Å². The Labute approximate surface area is 99.7 Å². The summed E-state index contributed by atoms with van der Waals surface area (Å²) in [5.41, 5.74) is 0.557. The van der Waals surface area contributed by atoms with Crippen molar-refractivity contribution in [2.75, 3.05) is 6.54 Å². The van der Waals surface area contributed by atoms with Crippen LogP contribution in [0.4, 0.5) is 4.39 Å². The average molecular weight is 237 g/mol. The molecule has 1 saturated carbocycles. The molecule has 0 saturated heterocycles. The lowest BCUT2D eigenvalue weighted by Crippen LogP contribution is -2.38. The Morgan fingerprint density at radius 2 is 2.24 bits per heavy atom. The predicted octanol–water partition coefficient (Wildman–Crippen LogP) is 1.63. The van der Waals surface area contributed by atoms with Crippen molar-refractivity contribution in [3.8, 4) is 0 Å². The van der Waals surface area contributed by atoms with Gasteiger partial charge in [0.1, 0.15) is 5.82 Å². The molecular formula is C13H16FNO2. The van der Waals surface area contributed by atoms with E-state index < -0.39 is 5.82 Å². The second-order valence-corrected chi connectivity index (χ2v) is 4.64. The molecule has 1 amide bonds. The first kappa shape index (κ1) is 12.0. The molecule has 0 aliphatic heterocycles. The Hall–Kier alpha value is -1.42. The molecule has 1 aliphatic rings. The van der Waals surface area contributed by atoms with Crippen LogP contribution in [0.1, 0.15) is 28.8 Å². The maximum absolute atomic E-state index is 13.6. The molecule has 2 N–H and O–H groups in total. The Bertz CT molecular complexity index is 427. The minimum Gasteiger partial charge on any atom is -0.393 e. The van der Waals surface area contributed by atoms with Crippen LogP contribution < -0.4 is 5.32 Å². The van der Waals surface area contributed by atoms with Gasteiger partial charge in [-0.05, 0) is 37.3 Å². The first-order valence-corrected chi connectivity index (χ1v) is 5.79. The van der Waals surface area contributed by atoms with Gasteiger partial charge in [0, 0.05) is 6.54 Å². The Balaban J connectivity index is 1.93. The molecule has 1 aromatic rings. The number of nitrogens with one attached hydrogen (secondary N) is 1. The molecule has 0 aromatic heterocycles. The van der Waals surface area contributed by atoms with Crippen molar-refractivity contribution in [2.24, 2.45) is 5.92 Å². The molecule has 1 aromatic carbocycles. The van der Waals surface area contributed by atoms with Gasteiger partial charge in [-0.15, -0.1) is 0 Å². The molecule has 0 heterocycles. The first-order chi connectivity index (χ1) is 8.08. The van der Waals surface area contributed by atoms with Crippen molar-refractivity contribution >= 4 is 5.91 Å². The maximum atomic E-state index is 13.6. The molecule has 0 unspecified atom stereocenters. The largest absolute Gasteiger partial charge is 0.393 e. The van der Waals surface area contributed by atoms with Crippen molar-refractivity contribution in [2.45, 2.75) is 25.9 Å². The lowest BCUT2D eigenvalue weighted by Gasteiger charge is -2.31. The quantitative estimate of drug-likeness (QED) is 0.839. The van der Waals surface area contributed by atoms with Crippen LogP contribution in [0, 0.1) is 18.7 Å². The van der Waals surface area contributed by atoms with Crippen molar-refractivity contribution in [3.05, 3.63) is 35.1 Å². The van der Waals surface area contributed by atoms with Crippen LogP contribution in [0.5, 0.6) is 0 Å². The van der Waals surface area contributed by atoms with Crippen LogP contribution >= 0.6 is 0 Å². The molecule has 2 rings (SSSR count). The smallest absolute Gasteiger partial charge is 0.254 e. The summed E-state index contributed by atoms with van der Waals surface area (Å²) in [6.07, 6.45) is 1.21. The maximum Gasteiger partial charge on any atom is 0.254 e. The second-order valence-electron chi connectivity index (χ2n) is 4.64. The topological polar surface area (TPSA) is 49.3 Å². The Kier molecular flexibility index (Phi) is 3.43. The van der Waals surface area contributed by atoms with Crippen molar-refractivity contribution < 1.29 is 14.3 Å². The molecule has 17 heavy (non-hydrogen) atoms. The molecule has 1 aliphatic carbocycles. The van der Waals surface area contributed by atoms with Gasteiger partial charge < -0.3 is 10.4 Å². The van der Waals surface area contributed by atoms with Crippen LogP contribution in [0.15, 0.2) is 18.2 Å². The number of benzene rings is 1. The molecular weight excluding hydrogens is 221 g/mol. The fourth-order valence-electron chi connectivity index (χ4n) is 2.02. The van der Waals surface area contributed by atoms with Gasteiger partial charge in [0.15, 0.2) is 0 Å². The predicted molar refractivity (Wildman–Crippen MR) is 62.2 cm³/mol. The normalized spacial score (nSPS) is 23.0. The summed E-state index contributed by atoms with van der Waals surface area (Å²) in [4.78, 5) is 11.7. The molecule has 92 valence electrons. The number of hydrogen-bond donors (Lipinski definition) is 2. The van der Waals surface area contributed by atoms with E-state index in [-0.39, 0.29) is 17.6 Å². The highest BCUT2D eigenvalue weighted by Crippen LogP contribution is 2.26. The van der Waals surface area contributed by atoms with E-state index in [0.29, 0.717) is 18.0 Å². The summed E-state index contributed by atoms with van der Waals surface area (Å²) in [7, 11) is 0. The number of halogens is 1. The van der Waals surface area contributed by atoms with Crippen molar-refractivity contribution in [1.29, 1.82) is 0 Å². The monoisotopic (exact) mass is 237 g/mol. The summed E-state index contributed by atoms with van der Waals surface area (Å²) < 4.78 is 13.6. The van der Waals surface area contributed by atoms with Gasteiger partial charge in [-0.1, -0.05) is 12.1 Å². The zero-order valence-corrected chi connectivity index (χ0v) is 9.74. The van der Waals surface area contributed by atoms with E-state index in [1.54, 1.807) is 19.1 Å². The summed E-state index contributed by atoms with van der Waals surface area (Å²) in [5.74, 6) is -0.520. The number of aryl methyl sites for hydroxylation is 1. The van der Waals surface area contributed by atoms with Gasteiger partial charge >= 0.3 is 0 Å². The summed E-state index contributed by atoms with van der Waals surface area (Å²) in [5, 5.41) is 11.8. The molecule has 1 fully saturated rings. The number of aliphatic hydroxyl groups excluding tert-OH is 1. The number of aliphatic hydroxyl groups is 1. The molecule has 4 heteroatoms. The average Bonchev–Trinajstić information content (AvgIpc) is 2.26. The van der Waals surface area contributed by atoms with Crippen LogP contribution in [0.3, 0.4) is 0 Å². The highest BCUT2D eigenvalue weighted by atomic mass is 19.1. The molecule has 0 radical (unpaired) electrons. The Morgan fingerprint density at radius 3 is 2.88 bits per heavy atom. The highest BCUT2D eigenvalue weighted by Gasteiger charge is 2.27. The minimum absolute atomic E-state index is 0.0878. The van der Waals surface area contributed by atoms with Gasteiger partial charge in [-0.3, -0.25) is 4.79 Å². The van der Waals surface area contributed by atoms with Gasteiger partial charge in [0.2, 0.25) is 0 Å². The van der Waals surface area contributed by atoms with E-state index in [9.17, 15) is 9.18 Å². The van der Waals surface area contributed by atoms with Crippen LogP contribution in [-0.2, 0) is 0 Å². The fraction of sp³-hybridized carbons (Fsp3) is 0.462. The van der Waals surface area contributed by atoms with Gasteiger partial charge in [-0.2, -0.15) is 0 Å². The van der Waals surface area contributed by atoms with E-state index in [0.717, 1.165) is 12.8 Å². The van der Waals surface area contributed by atoms with Crippen LogP contribution in [0.25, 0.3) is 0 Å². The Morgan fingerprint density at radius 1 is 1.53 bits per heavy atom. The summed E-state index contributed by atoms with van der Waals surface area (Å²) >= 11 is 0. The van der Waals surface area contributed by atoms with Gasteiger partial charge in [-0.25, -0.2) is 4.39 Å². The summed E-state index contributed by atoms with van der Waals surface area (Å²) in [6, 6.07) is 4.78. The van der Waals surface area contributed by atoms with E-state index in [4.69, 9.17) is 5.11 Å². The highest BCUT2D eigenvalue weighted by molar-refractivity contribution is 5.94. The van der Waals surface area contributed by atoms with E-state index >= 15 is 0 Å². The first-order valence-electron chi connectivity index (χ1n) is 5.79. The minimum atomic E-state index is -0.460. The van der Waals surface area contributed by atoms with E-state index in [2.05, 4.69) is 5.32 Å². The number of amides is 1. The molecule has 0 atom stereocenters. The van der Waals surface area contributed by atoms with E-state index in [1.807, 2.05) is 0 Å². The molecule has 0 bridgehead atoms. The van der Waals surface area contributed by atoms with Crippen molar-refractivity contribution in [1.82, 2.24) is 5.32 Å². The number of hydrogen-bond acceptors (Lipinski definition) is 2. The standard InChI is InChI=1S/C13H16FNO2/c1-8-3-2-4-11(12(8)14)13(17)15-7-9-5-10(16)6-9/h2-4,9-10,16H,5-7H2,1H3,(H,15,17). The van der Waals surface area contributed by atoms with Crippen LogP contribution in [-0.4, -0.2) is 23.7 Å². The number of rotatable bonds is 3. The van der Waals surface area contributed by atoms with Gasteiger partial charge in [0.25, 0.3) is 5.91 Å². The SMILES string of the molecule is Cc1cccc(C(=O)NCC2CC(O)C2)c1F. The number of carbonyl (C=O) groups excluding carboxylic acids is 1. The lowest BCUT2D eigenvalue weighted by atomic mass is 9.82. The van der Waals surface area contributed by atoms with Crippen LogP contribution in [0.2, 0.25) is 0 Å². The third kappa shape index (κ3) is 2.64. The zero-order chi connectivity index (χ0) is 12.4. The van der Waals surface area contributed by atoms with E-state index in [1.165, 1.54) is 6.07 Å². The molecule has 0 spiro atoms. The molecule has 3 nitrogen and oxygen atoms in total. The lowest BCUT2D eigenvalue weighted by molar-refractivity contribution is 0.0420.